The molecule has 0 N–H and O–H groups in total. The molecule has 5 aromatic carbocycles. The van der Waals surface area contributed by atoms with Crippen molar-refractivity contribution in [3.63, 3.8) is 0 Å². The zero-order chi connectivity index (χ0) is 48.2. The molecule has 0 amide bonds. The van der Waals surface area contributed by atoms with E-state index >= 15 is 0 Å². The molecule has 3 aliphatic heterocycles. The van der Waals surface area contributed by atoms with Crippen LogP contribution in [0.3, 0.4) is 0 Å². The summed E-state index contributed by atoms with van der Waals surface area (Å²) in [5.41, 5.74) is 13.3. The van der Waals surface area contributed by atoms with Gasteiger partial charge in [0.15, 0.2) is 25.0 Å². The van der Waals surface area contributed by atoms with Gasteiger partial charge >= 0.3 is 5.97 Å². The minimum atomic E-state index is -1.27. The lowest BCUT2D eigenvalue weighted by Crippen LogP contribution is -2.67. The first kappa shape index (κ1) is 50.9. The molecule has 3 heterocycles. The summed E-state index contributed by atoms with van der Waals surface area (Å²) >= 11 is 0. The highest BCUT2D eigenvalue weighted by atomic mass is 16.8. The Morgan fingerprint density at radius 2 is 1.13 bits per heavy atom. The van der Waals surface area contributed by atoms with E-state index in [1.54, 1.807) is 0 Å². The molecule has 15 heteroatoms. The number of hydrogen-bond acceptors (Lipinski definition) is 13. The Morgan fingerprint density at radius 1 is 0.586 bits per heavy atom. The Balaban J connectivity index is 1.15. The molecule has 3 aliphatic rings. The summed E-state index contributed by atoms with van der Waals surface area (Å²) < 4.78 is 74.1. The van der Waals surface area contributed by atoms with Gasteiger partial charge in [0.05, 0.1) is 39.6 Å². The summed E-state index contributed by atoms with van der Waals surface area (Å²) in [6.45, 7) is 3.26. The van der Waals surface area contributed by atoms with E-state index in [9.17, 15) is 4.79 Å². The van der Waals surface area contributed by atoms with Gasteiger partial charge in [0.2, 0.25) is 0 Å². The van der Waals surface area contributed by atoms with Crippen LogP contribution in [0.4, 0.5) is 0 Å². The highest BCUT2D eigenvalue weighted by molar-refractivity contribution is 5.66. The van der Waals surface area contributed by atoms with Crippen molar-refractivity contribution >= 4 is 5.97 Å². The number of unbranched alkanes of at least 4 members (excludes halogenated alkanes) is 3. The number of benzene rings is 5. The average Bonchev–Trinajstić information content (AvgIpc) is 3.40. The fourth-order valence-corrected chi connectivity index (χ4v) is 8.83. The van der Waals surface area contributed by atoms with Gasteiger partial charge in [-0.05, 0) is 40.6 Å². The standard InChI is InChI=1S/C55H63N3O12/c1-39(59)66-52-49(63-35-42-25-13-6-14-26-42)47(62-34-41-23-11-5-12-24-41)45(37-60-33-40-21-9-4-10-22-40)68-55(52)70-50-48-46(38-65-53(69-48)44-29-17-8-18-30-44)67-54(61-32-20-3-2-19-31-57-58-56)51(50)64-36-43-27-15-7-16-28-43/h4-18,21-30,45-55H,2-3,19-20,31-38H2,1H3/t45-,46-,47-,48-,49+,50+,51+,52+,53-,54+,55-/m1/s1. The van der Waals surface area contributed by atoms with Gasteiger partial charge in [-0.25, -0.2) is 0 Å². The predicted octanol–water partition coefficient (Wildman–Crippen LogP) is 9.73. The third-order valence-electron chi connectivity index (χ3n) is 12.3. The lowest BCUT2D eigenvalue weighted by molar-refractivity contribution is -0.399. The number of fused-ring (bicyclic) bond motifs is 1. The summed E-state index contributed by atoms with van der Waals surface area (Å²) in [5, 5.41) is 3.66. The molecule has 3 fully saturated rings. The third kappa shape index (κ3) is 14.8. The molecule has 0 spiro atoms. The van der Waals surface area contributed by atoms with E-state index in [1.807, 2.05) is 152 Å². The quantitative estimate of drug-likeness (QED) is 0.0179. The van der Waals surface area contributed by atoms with Gasteiger partial charge in [0, 0.05) is 30.6 Å². The van der Waals surface area contributed by atoms with Crippen LogP contribution in [0.2, 0.25) is 0 Å². The van der Waals surface area contributed by atoms with E-state index < -0.39 is 73.7 Å². The summed E-state index contributed by atoms with van der Waals surface area (Å²) in [6.07, 6.45) is -6.70. The van der Waals surface area contributed by atoms with Gasteiger partial charge in [0.1, 0.15) is 42.7 Å². The molecule has 0 aromatic heterocycles. The summed E-state index contributed by atoms with van der Waals surface area (Å²) in [6, 6.07) is 49.0. The topological polar surface area (TPSA) is 167 Å². The van der Waals surface area contributed by atoms with Crippen molar-refractivity contribution in [1.82, 2.24) is 0 Å². The fourth-order valence-electron chi connectivity index (χ4n) is 8.83. The van der Waals surface area contributed by atoms with E-state index in [0.717, 1.165) is 53.5 Å². The molecule has 0 saturated carbocycles. The van der Waals surface area contributed by atoms with E-state index in [0.29, 0.717) is 19.8 Å². The highest BCUT2D eigenvalue weighted by Crippen LogP contribution is 2.40. The van der Waals surface area contributed by atoms with Crippen molar-refractivity contribution in [3.8, 4) is 0 Å². The van der Waals surface area contributed by atoms with Gasteiger partial charge in [0.25, 0.3) is 0 Å². The molecule has 70 heavy (non-hydrogen) atoms. The predicted molar refractivity (Wildman–Crippen MR) is 257 cm³/mol. The second kappa shape index (κ2) is 27.2. The van der Waals surface area contributed by atoms with Crippen molar-refractivity contribution in [2.24, 2.45) is 5.11 Å². The lowest BCUT2D eigenvalue weighted by atomic mass is 9.95. The summed E-state index contributed by atoms with van der Waals surface area (Å²) in [7, 11) is 0. The van der Waals surface area contributed by atoms with E-state index in [2.05, 4.69) is 10.0 Å². The number of hydrogen-bond donors (Lipinski definition) is 0. The zero-order valence-corrected chi connectivity index (χ0v) is 39.5. The van der Waals surface area contributed by atoms with Crippen molar-refractivity contribution in [2.45, 2.75) is 127 Å². The maximum Gasteiger partial charge on any atom is 0.303 e. The Bertz CT molecular complexity index is 2320. The van der Waals surface area contributed by atoms with Crippen LogP contribution in [-0.2, 0) is 83.3 Å². The molecule has 370 valence electrons. The van der Waals surface area contributed by atoms with Crippen LogP contribution in [0.25, 0.3) is 10.4 Å². The molecule has 0 bridgehead atoms. The second-order valence-electron chi connectivity index (χ2n) is 17.5. The van der Waals surface area contributed by atoms with Gasteiger partial charge in [-0.1, -0.05) is 170 Å². The maximum absolute atomic E-state index is 13.3. The minimum absolute atomic E-state index is 0.0784. The molecule has 11 atom stereocenters. The van der Waals surface area contributed by atoms with Gasteiger partial charge in [-0.2, -0.15) is 0 Å². The first-order chi connectivity index (χ1) is 34.5. The van der Waals surface area contributed by atoms with Crippen LogP contribution < -0.4 is 0 Å². The molecule has 0 unspecified atom stereocenters. The molecular formula is C55H63N3O12. The maximum atomic E-state index is 13.3. The molecule has 8 rings (SSSR count). The first-order valence-electron chi connectivity index (χ1n) is 24.2. The van der Waals surface area contributed by atoms with Gasteiger partial charge in [-0.3, -0.25) is 4.79 Å². The first-order valence-corrected chi connectivity index (χ1v) is 24.2. The van der Waals surface area contributed by atoms with E-state index in [-0.39, 0.29) is 33.0 Å². The fraction of sp³-hybridized carbons (Fsp3) is 0.436. The molecule has 0 aliphatic carbocycles. The number of carbonyl (C=O) groups is 1. The summed E-state index contributed by atoms with van der Waals surface area (Å²) in [4.78, 5) is 16.2. The highest BCUT2D eigenvalue weighted by Gasteiger charge is 2.56. The lowest BCUT2D eigenvalue weighted by Gasteiger charge is -2.51. The summed E-state index contributed by atoms with van der Waals surface area (Å²) in [5.74, 6) is -0.565. The number of nitrogens with zero attached hydrogens (tertiary/aromatic N) is 3. The van der Waals surface area contributed by atoms with Crippen LogP contribution >= 0.6 is 0 Å². The van der Waals surface area contributed by atoms with Gasteiger partial charge in [-0.15, -0.1) is 0 Å². The monoisotopic (exact) mass is 957 g/mol. The van der Waals surface area contributed by atoms with Crippen molar-refractivity contribution < 1.29 is 56.9 Å². The van der Waals surface area contributed by atoms with Crippen LogP contribution in [0.1, 0.15) is 66.7 Å². The Morgan fingerprint density at radius 3 is 1.71 bits per heavy atom. The van der Waals surface area contributed by atoms with Crippen molar-refractivity contribution in [2.75, 3.05) is 26.4 Å². The Kier molecular flexibility index (Phi) is 19.7. The smallest absolute Gasteiger partial charge is 0.303 e. The van der Waals surface area contributed by atoms with Crippen LogP contribution in [0, 0.1) is 0 Å². The number of azide groups is 1. The third-order valence-corrected chi connectivity index (χ3v) is 12.3. The molecule has 15 nitrogen and oxygen atoms in total. The van der Waals surface area contributed by atoms with Crippen molar-refractivity contribution in [1.29, 1.82) is 0 Å². The normalized spacial score (nSPS) is 26.4. The van der Waals surface area contributed by atoms with Crippen LogP contribution in [0.15, 0.2) is 157 Å². The van der Waals surface area contributed by atoms with Crippen LogP contribution in [-0.4, -0.2) is 93.7 Å². The number of ether oxygens (including phenoxy) is 11. The largest absolute Gasteiger partial charge is 0.454 e. The zero-order valence-electron chi connectivity index (χ0n) is 39.5. The van der Waals surface area contributed by atoms with Crippen LogP contribution in [0.5, 0.6) is 0 Å². The number of carbonyl (C=O) groups excluding carboxylic acids is 1. The van der Waals surface area contributed by atoms with E-state index in [1.165, 1.54) is 6.92 Å². The molecule has 3 saturated heterocycles. The Hall–Kier alpha value is -5.52. The molecule has 0 radical (unpaired) electrons. The molecule has 5 aromatic rings. The van der Waals surface area contributed by atoms with Crippen molar-refractivity contribution in [3.05, 3.63) is 190 Å². The van der Waals surface area contributed by atoms with Gasteiger partial charge < -0.3 is 52.1 Å². The average molecular weight is 958 g/mol. The molecular weight excluding hydrogens is 895 g/mol. The number of esters is 1. The Labute approximate surface area is 409 Å². The number of rotatable bonds is 25. The minimum Gasteiger partial charge on any atom is -0.454 e. The second-order valence-corrected chi connectivity index (χ2v) is 17.5. The van der Waals surface area contributed by atoms with E-state index in [4.69, 9.17) is 57.6 Å². The SMILES string of the molecule is CC(=O)O[C@@H]1[C@@H](O[C@@H]2[C@H](OCc3ccccc3)[C@@H](OCCCCCCN=[N+]=[N-])O[C@@H]3CO[C@@H](c4ccccc4)O[C@@H]23)O[C@H](COCc2ccccc2)[C@@H](OCc2ccccc2)[C@@H]1OCc1ccccc1.